The van der Waals surface area contributed by atoms with Gasteiger partial charge in [0, 0.05) is 24.1 Å². The molecular weight excluding hydrogens is 356 g/mol. The summed E-state index contributed by atoms with van der Waals surface area (Å²) in [4.78, 5) is 41.8. The van der Waals surface area contributed by atoms with E-state index in [4.69, 9.17) is 0 Å². The van der Waals surface area contributed by atoms with Gasteiger partial charge in [-0.1, -0.05) is 12.8 Å². The van der Waals surface area contributed by atoms with Crippen LogP contribution in [0.25, 0.3) is 10.9 Å². The molecule has 0 unspecified atom stereocenters. The molecule has 7 nitrogen and oxygen atoms in total. The molecule has 1 aliphatic heterocycles. The van der Waals surface area contributed by atoms with Crippen molar-refractivity contribution in [2.45, 2.75) is 65.0 Å². The molecular formula is C21H28N4O3. The summed E-state index contributed by atoms with van der Waals surface area (Å²) < 4.78 is 1.78. The van der Waals surface area contributed by atoms with Crippen LogP contribution < -0.4 is 16.2 Å². The molecule has 2 amide bonds. The standard InChI is InChI=1S/C21H28N4O3/c1-21(2,3)24-18(26)13-22-19(27)14-9-10-15-16(12-14)23-17-8-6-4-5-7-11-25(17)20(15)28/h9-10,12H,4-8,11,13H2,1-3H3,(H,22,27)(H,24,26). The number of benzene rings is 1. The number of rotatable bonds is 3. The summed E-state index contributed by atoms with van der Waals surface area (Å²) in [7, 11) is 0. The highest BCUT2D eigenvalue weighted by Crippen LogP contribution is 2.16. The summed E-state index contributed by atoms with van der Waals surface area (Å²) in [5, 5.41) is 5.94. The third-order valence-electron chi connectivity index (χ3n) is 4.75. The Morgan fingerprint density at radius 3 is 2.64 bits per heavy atom. The molecule has 3 rings (SSSR count). The number of carbonyl (C=O) groups is 2. The smallest absolute Gasteiger partial charge is 0.261 e. The van der Waals surface area contributed by atoms with Gasteiger partial charge in [0.2, 0.25) is 5.91 Å². The highest BCUT2D eigenvalue weighted by atomic mass is 16.2. The predicted octanol–water partition coefficient (Wildman–Crippen LogP) is 2.16. The van der Waals surface area contributed by atoms with Crippen LogP contribution in [0.15, 0.2) is 23.0 Å². The van der Waals surface area contributed by atoms with Crippen molar-refractivity contribution in [3.8, 4) is 0 Å². The fourth-order valence-electron chi connectivity index (χ4n) is 3.46. The van der Waals surface area contributed by atoms with Gasteiger partial charge in [-0.2, -0.15) is 0 Å². The molecule has 0 radical (unpaired) electrons. The fourth-order valence-corrected chi connectivity index (χ4v) is 3.46. The average molecular weight is 384 g/mol. The van der Waals surface area contributed by atoms with E-state index in [1.807, 2.05) is 20.8 Å². The van der Waals surface area contributed by atoms with E-state index in [0.717, 1.165) is 37.9 Å². The molecule has 0 saturated carbocycles. The first-order valence-corrected chi connectivity index (χ1v) is 9.87. The van der Waals surface area contributed by atoms with Crippen molar-refractivity contribution >= 4 is 22.7 Å². The van der Waals surface area contributed by atoms with Gasteiger partial charge in [0.15, 0.2) is 0 Å². The molecule has 2 heterocycles. The first-order valence-electron chi connectivity index (χ1n) is 9.87. The van der Waals surface area contributed by atoms with Crippen molar-refractivity contribution in [1.29, 1.82) is 0 Å². The molecule has 0 aliphatic carbocycles. The maximum Gasteiger partial charge on any atom is 0.261 e. The zero-order valence-corrected chi connectivity index (χ0v) is 16.8. The first-order chi connectivity index (χ1) is 13.2. The van der Waals surface area contributed by atoms with E-state index < -0.39 is 0 Å². The Balaban J connectivity index is 1.81. The number of nitrogens with one attached hydrogen (secondary N) is 2. The monoisotopic (exact) mass is 384 g/mol. The second-order valence-corrected chi connectivity index (χ2v) is 8.36. The number of hydrogen-bond donors (Lipinski definition) is 2. The van der Waals surface area contributed by atoms with Gasteiger partial charge in [0.1, 0.15) is 5.82 Å². The molecule has 7 heteroatoms. The van der Waals surface area contributed by atoms with Crippen LogP contribution in [0.5, 0.6) is 0 Å². The van der Waals surface area contributed by atoms with Crippen LogP contribution in [0.2, 0.25) is 0 Å². The lowest BCUT2D eigenvalue weighted by atomic mass is 10.1. The number of carbonyl (C=O) groups excluding carboxylic acids is 2. The van der Waals surface area contributed by atoms with Crippen LogP contribution in [0.4, 0.5) is 0 Å². The molecule has 28 heavy (non-hydrogen) atoms. The quantitative estimate of drug-likeness (QED) is 0.848. The minimum Gasteiger partial charge on any atom is -0.350 e. The first kappa shape index (κ1) is 20.0. The van der Waals surface area contributed by atoms with E-state index in [1.165, 1.54) is 0 Å². The van der Waals surface area contributed by atoms with Gasteiger partial charge in [-0.25, -0.2) is 4.98 Å². The molecule has 150 valence electrons. The van der Waals surface area contributed by atoms with E-state index in [-0.39, 0.29) is 29.5 Å². The highest BCUT2D eigenvalue weighted by molar-refractivity contribution is 5.99. The Kier molecular flexibility index (Phi) is 5.82. The summed E-state index contributed by atoms with van der Waals surface area (Å²) in [5.74, 6) is 0.179. The minimum atomic E-state index is -0.361. The Hall–Kier alpha value is -2.70. The van der Waals surface area contributed by atoms with Crippen molar-refractivity contribution in [3.05, 3.63) is 39.9 Å². The van der Waals surface area contributed by atoms with Gasteiger partial charge in [-0.15, -0.1) is 0 Å². The molecule has 0 bridgehead atoms. The number of aryl methyl sites for hydroxylation is 1. The summed E-state index contributed by atoms with van der Waals surface area (Å²) in [5.41, 5.74) is 0.522. The molecule has 0 atom stereocenters. The lowest BCUT2D eigenvalue weighted by Gasteiger charge is -2.20. The number of fused-ring (bicyclic) bond motifs is 2. The fraction of sp³-hybridized carbons (Fsp3) is 0.524. The lowest BCUT2D eigenvalue weighted by molar-refractivity contribution is -0.121. The second kappa shape index (κ2) is 8.12. The summed E-state index contributed by atoms with van der Waals surface area (Å²) in [6.07, 6.45) is 5.05. The van der Waals surface area contributed by atoms with Crippen molar-refractivity contribution in [3.63, 3.8) is 0 Å². The number of amides is 2. The number of nitrogens with zero attached hydrogens (tertiary/aromatic N) is 2. The predicted molar refractivity (Wildman–Crippen MR) is 108 cm³/mol. The Labute approximate surface area is 164 Å². The zero-order chi connectivity index (χ0) is 20.3. The van der Waals surface area contributed by atoms with Crippen LogP contribution in [0.3, 0.4) is 0 Å². The summed E-state index contributed by atoms with van der Waals surface area (Å²) in [6.45, 7) is 6.23. The zero-order valence-electron chi connectivity index (χ0n) is 16.8. The maximum atomic E-state index is 12.8. The van der Waals surface area contributed by atoms with Crippen LogP contribution in [0, 0.1) is 0 Å². The summed E-state index contributed by atoms with van der Waals surface area (Å²) in [6, 6.07) is 4.90. The van der Waals surface area contributed by atoms with Crippen LogP contribution in [0.1, 0.15) is 62.6 Å². The molecule has 0 fully saturated rings. The Morgan fingerprint density at radius 2 is 1.89 bits per heavy atom. The summed E-state index contributed by atoms with van der Waals surface area (Å²) >= 11 is 0. The van der Waals surface area contributed by atoms with Gasteiger partial charge >= 0.3 is 0 Å². The maximum absolute atomic E-state index is 12.8. The van der Waals surface area contributed by atoms with Crippen molar-refractivity contribution in [2.24, 2.45) is 0 Å². The normalized spacial score (nSPS) is 14.7. The molecule has 2 aromatic rings. The molecule has 0 spiro atoms. The number of aromatic nitrogens is 2. The van der Waals surface area contributed by atoms with Gasteiger partial charge in [-0.05, 0) is 51.8 Å². The van der Waals surface area contributed by atoms with Crippen molar-refractivity contribution < 1.29 is 9.59 Å². The number of hydrogen-bond acceptors (Lipinski definition) is 4. The molecule has 2 N–H and O–H groups in total. The van der Waals surface area contributed by atoms with E-state index in [9.17, 15) is 14.4 Å². The van der Waals surface area contributed by atoms with Gasteiger partial charge in [0.25, 0.3) is 11.5 Å². The molecule has 1 aromatic carbocycles. The van der Waals surface area contributed by atoms with E-state index in [2.05, 4.69) is 15.6 Å². The molecule has 1 aliphatic rings. The lowest BCUT2D eigenvalue weighted by Crippen LogP contribution is -2.45. The molecule has 1 aromatic heterocycles. The Bertz CT molecular complexity index is 957. The minimum absolute atomic E-state index is 0.0431. The van der Waals surface area contributed by atoms with E-state index in [0.29, 0.717) is 23.0 Å². The van der Waals surface area contributed by atoms with Crippen LogP contribution >= 0.6 is 0 Å². The topological polar surface area (TPSA) is 93.1 Å². The van der Waals surface area contributed by atoms with Gasteiger partial charge < -0.3 is 10.6 Å². The van der Waals surface area contributed by atoms with Gasteiger partial charge in [0.05, 0.1) is 17.4 Å². The van der Waals surface area contributed by atoms with Crippen LogP contribution in [-0.2, 0) is 17.8 Å². The van der Waals surface area contributed by atoms with Crippen molar-refractivity contribution in [1.82, 2.24) is 20.2 Å². The Morgan fingerprint density at radius 1 is 1.14 bits per heavy atom. The largest absolute Gasteiger partial charge is 0.350 e. The SMILES string of the molecule is CC(C)(C)NC(=O)CNC(=O)c1ccc2c(=O)n3c(nc2c1)CCCCCC3. The third kappa shape index (κ3) is 4.77. The van der Waals surface area contributed by atoms with Crippen molar-refractivity contribution in [2.75, 3.05) is 6.54 Å². The van der Waals surface area contributed by atoms with E-state index >= 15 is 0 Å². The molecule has 0 saturated heterocycles. The van der Waals surface area contributed by atoms with E-state index in [1.54, 1.807) is 22.8 Å². The van der Waals surface area contributed by atoms with Gasteiger partial charge in [-0.3, -0.25) is 19.0 Å². The second-order valence-electron chi connectivity index (χ2n) is 8.36. The highest BCUT2D eigenvalue weighted by Gasteiger charge is 2.17. The van der Waals surface area contributed by atoms with Crippen LogP contribution in [-0.4, -0.2) is 33.4 Å². The average Bonchev–Trinajstić information content (AvgIpc) is 2.59. The third-order valence-corrected chi connectivity index (χ3v) is 4.75.